The molecule has 2 N–H and O–H groups in total. The summed E-state index contributed by atoms with van der Waals surface area (Å²) in [6.07, 6.45) is 4.60. The van der Waals surface area contributed by atoms with Crippen LogP contribution >= 0.6 is 0 Å². The highest BCUT2D eigenvalue weighted by Crippen LogP contribution is 2.21. The monoisotopic (exact) mass is 193 g/mol. The van der Waals surface area contributed by atoms with Crippen molar-refractivity contribution in [2.75, 3.05) is 0 Å². The van der Waals surface area contributed by atoms with Gasteiger partial charge in [-0.25, -0.2) is 4.98 Å². The summed E-state index contributed by atoms with van der Waals surface area (Å²) in [4.78, 5) is 7.73. The van der Waals surface area contributed by atoms with Crippen molar-refractivity contribution >= 4 is 0 Å². The Morgan fingerprint density at radius 2 is 2.21 bits per heavy atom. The van der Waals surface area contributed by atoms with Crippen molar-refractivity contribution in [3.63, 3.8) is 0 Å². The molecule has 78 valence electrons. The molecule has 0 amide bonds. The number of nitrogens with one attached hydrogen (secondary N) is 2. The molecule has 0 aromatic carbocycles. The maximum atomic E-state index is 4.36. The van der Waals surface area contributed by atoms with Gasteiger partial charge in [-0.2, -0.15) is 0 Å². The van der Waals surface area contributed by atoms with E-state index in [9.17, 15) is 0 Å². The Bertz CT molecular complexity index is 305. The number of hydrogen-bond donors (Lipinski definition) is 2. The molecule has 1 aliphatic rings. The van der Waals surface area contributed by atoms with Crippen LogP contribution in [0.15, 0.2) is 6.20 Å². The lowest BCUT2D eigenvalue weighted by molar-refractivity contribution is 0.568. The Labute approximate surface area is 85.3 Å². The van der Waals surface area contributed by atoms with Crippen molar-refractivity contribution in [2.45, 2.75) is 51.6 Å². The van der Waals surface area contributed by atoms with E-state index in [0.29, 0.717) is 0 Å². The fraction of sp³-hybridized carbons (Fsp3) is 0.727. The van der Waals surface area contributed by atoms with Gasteiger partial charge in [-0.1, -0.05) is 20.8 Å². The first-order valence-electron chi connectivity index (χ1n) is 5.33. The van der Waals surface area contributed by atoms with Crippen molar-refractivity contribution in [1.82, 2.24) is 15.3 Å². The molecule has 1 aromatic rings. The minimum atomic E-state index is 0.171. The Morgan fingerprint density at radius 3 is 2.71 bits per heavy atom. The van der Waals surface area contributed by atoms with Crippen molar-refractivity contribution in [3.8, 4) is 0 Å². The normalized spacial score (nSPS) is 17.4. The van der Waals surface area contributed by atoms with Crippen molar-refractivity contribution in [2.24, 2.45) is 0 Å². The average molecular weight is 193 g/mol. The smallest absolute Gasteiger partial charge is 0.120 e. The molecule has 14 heavy (non-hydrogen) atoms. The molecule has 3 heteroatoms. The average Bonchev–Trinajstić information content (AvgIpc) is 2.77. The molecule has 0 radical (unpaired) electrons. The zero-order valence-electron chi connectivity index (χ0n) is 9.22. The van der Waals surface area contributed by atoms with Crippen LogP contribution in [0.5, 0.6) is 0 Å². The molecule has 0 spiro atoms. The largest absolute Gasteiger partial charge is 0.344 e. The minimum absolute atomic E-state index is 0.171. The van der Waals surface area contributed by atoms with Gasteiger partial charge in [0.2, 0.25) is 0 Å². The van der Waals surface area contributed by atoms with Crippen LogP contribution in [0.1, 0.15) is 45.1 Å². The van der Waals surface area contributed by atoms with E-state index in [2.05, 4.69) is 36.1 Å². The highest BCUT2D eigenvalue weighted by Gasteiger charge is 2.21. The second kappa shape index (κ2) is 3.39. The summed E-state index contributed by atoms with van der Waals surface area (Å²) in [5, 5.41) is 3.44. The Morgan fingerprint density at radius 1 is 1.50 bits per heavy atom. The Balaban J connectivity index is 1.94. The molecule has 1 aromatic heterocycles. The predicted molar refractivity (Wildman–Crippen MR) is 57.1 cm³/mol. The van der Waals surface area contributed by atoms with Crippen LogP contribution < -0.4 is 5.32 Å². The molecule has 1 fully saturated rings. The molecule has 0 unspecified atom stereocenters. The van der Waals surface area contributed by atoms with Crippen LogP contribution in [0.2, 0.25) is 0 Å². The third-order valence-electron chi connectivity index (χ3n) is 2.57. The topological polar surface area (TPSA) is 40.7 Å². The Hall–Kier alpha value is -0.830. The van der Waals surface area contributed by atoms with Crippen LogP contribution in [-0.4, -0.2) is 16.0 Å². The summed E-state index contributed by atoms with van der Waals surface area (Å²) in [7, 11) is 0. The van der Waals surface area contributed by atoms with Crippen LogP contribution in [0.4, 0.5) is 0 Å². The molecule has 0 bridgehead atoms. The van der Waals surface area contributed by atoms with Gasteiger partial charge in [-0.3, -0.25) is 0 Å². The van der Waals surface area contributed by atoms with E-state index in [0.717, 1.165) is 18.4 Å². The first-order chi connectivity index (χ1) is 6.55. The minimum Gasteiger partial charge on any atom is -0.344 e. The van der Waals surface area contributed by atoms with Gasteiger partial charge in [0, 0.05) is 23.3 Å². The summed E-state index contributed by atoms with van der Waals surface area (Å²) in [5.41, 5.74) is 1.38. The third kappa shape index (κ3) is 2.35. The van der Waals surface area contributed by atoms with Gasteiger partial charge in [-0.15, -0.1) is 0 Å². The van der Waals surface area contributed by atoms with Gasteiger partial charge in [0.05, 0.1) is 6.54 Å². The number of aromatic nitrogens is 2. The molecule has 1 saturated carbocycles. The number of nitrogens with zero attached hydrogens (tertiary/aromatic N) is 1. The highest BCUT2D eigenvalue weighted by molar-refractivity contribution is 5.11. The van der Waals surface area contributed by atoms with Gasteiger partial charge < -0.3 is 10.3 Å². The molecule has 3 nitrogen and oxygen atoms in total. The zero-order valence-corrected chi connectivity index (χ0v) is 9.22. The van der Waals surface area contributed by atoms with Crippen LogP contribution in [0, 0.1) is 0 Å². The lowest BCUT2D eigenvalue weighted by atomic mass is 9.93. The molecule has 1 aliphatic carbocycles. The predicted octanol–water partition coefficient (Wildman–Crippen LogP) is 1.96. The molecule has 0 atom stereocenters. The third-order valence-corrected chi connectivity index (χ3v) is 2.57. The van der Waals surface area contributed by atoms with E-state index in [1.54, 1.807) is 0 Å². The van der Waals surface area contributed by atoms with Crippen molar-refractivity contribution in [1.29, 1.82) is 0 Å². The molecule has 2 rings (SSSR count). The number of hydrogen-bond acceptors (Lipinski definition) is 2. The summed E-state index contributed by atoms with van der Waals surface area (Å²) < 4.78 is 0. The van der Waals surface area contributed by atoms with Gasteiger partial charge in [0.1, 0.15) is 5.82 Å². The summed E-state index contributed by atoms with van der Waals surface area (Å²) in [6.45, 7) is 7.45. The van der Waals surface area contributed by atoms with Crippen LogP contribution in [0.3, 0.4) is 0 Å². The van der Waals surface area contributed by atoms with E-state index in [-0.39, 0.29) is 5.41 Å². The number of rotatable bonds is 3. The second-order valence-corrected chi connectivity index (χ2v) is 5.15. The summed E-state index contributed by atoms with van der Waals surface area (Å²) >= 11 is 0. The van der Waals surface area contributed by atoms with E-state index in [4.69, 9.17) is 0 Å². The lowest BCUT2D eigenvalue weighted by Gasteiger charge is -2.15. The highest BCUT2D eigenvalue weighted by atomic mass is 15.0. The molecule has 0 saturated heterocycles. The van der Waals surface area contributed by atoms with Gasteiger partial charge in [-0.05, 0) is 12.8 Å². The van der Waals surface area contributed by atoms with Crippen LogP contribution in [0.25, 0.3) is 0 Å². The maximum absolute atomic E-state index is 4.36. The van der Waals surface area contributed by atoms with Gasteiger partial charge in [0.15, 0.2) is 0 Å². The van der Waals surface area contributed by atoms with Gasteiger partial charge in [0.25, 0.3) is 0 Å². The maximum Gasteiger partial charge on any atom is 0.120 e. The standard InChI is InChI=1S/C11H19N3/c1-11(2,3)9-6-13-10(14-9)7-12-8-4-5-8/h6,8,12H,4-5,7H2,1-3H3,(H,13,14). The molecule has 1 heterocycles. The quantitative estimate of drug-likeness (QED) is 0.770. The van der Waals surface area contributed by atoms with Crippen LogP contribution in [-0.2, 0) is 12.0 Å². The summed E-state index contributed by atoms with van der Waals surface area (Å²) in [5.74, 6) is 1.06. The first kappa shape index (κ1) is 9.71. The first-order valence-corrected chi connectivity index (χ1v) is 5.33. The fourth-order valence-electron chi connectivity index (χ4n) is 1.36. The summed E-state index contributed by atoms with van der Waals surface area (Å²) in [6, 6.07) is 0.748. The van der Waals surface area contributed by atoms with E-state index in [1.807, 2.05) is 6.20 Å². The SMILES string of the molecule is CC(C)(C)c1cnc(CNC2CC2)[nH]1. The van der Waals surface area contributed by atoms with Gasteiger partial charge >= 0.3 is 0 Å². The number of H-pyrrole nitrogens is 1. The van der Waals surface area contributed by atoms with E-state index >= 15 is 0 Å². The zero-order chi connectivity index (χ0) is 10.2. The van der Waals surface area contributed by atoms with Crippen molar-refractivity contribution < 1.29 is 0 Å². The Kier molecular flexibility index (Phi) is 2.35. The molecule has 0 aliphatic heterocycles. The fourth-order valence-corrected chi connectivity index (χ4v) is 1.36. The second-order valence-electron chi connectivity index (χ2n) is 5.15. The van der Waals surface area contributed by atoms with Crippen molar-refractivity contribution in [3.05, 3.63) is 17.7 Å². The lowest BCUT2D eigenvalue weighted by Crippen LogP contribution is -2.17. The number of aromatic amines is 1. The van der Waals surface area contributed by atoms with E-state index < -0.39 is 0 Å². The number of imidazole rings is 1. The molecular weight excluding hydrogens is 174 g/mol. The molecular formula is C11H19N3. The van der Waals surface area contributed by atoms with E-state index in [1.165, 1.54) is 18.5 Å².